The summed E-state index contributed by atoms with van der Waals surface area (Å²) in [5.74, 6) is -1.87. The van der Waals surface area contributed by atoms with Crippen molar-refractivity contribution in [2.24, 2.45) is 0 Å². The second-order valence-corrected chi connectivity index (χ2v) is 12.5. The SMILES string of the molecule is O=C(Nc1cccc(SC(C(=O)Nc2ccccc2C(F)(F)F)c2ccccc2)c1)/C(=C\c1ccc(Cl)cc1Cl)NC(=O)c1ccccc1. The Labute approximate surface area is 294 Å². The molecule has 5 rings (SSSR count). The molecule has 3 N–H and O–H groups in total. The smallest absolute Gasteiger partial charge is 0.324 e. The number of benzene rings is 5. The molecule has 0 aliphatic carbocycles. The van der Waals surface area contributed by atoms with E-state index >= 15 is 0 Å². The molecule has 0 aromatic heterocycles. The van der Waals surface area contributed by atoms with Gasteiger partial charge in [-0.2, -0.15) is 13.2 Å². The average Bonchev–Trinajstić information content (AvgIpc) is 3.08. The van der Waals surface area contributed by atoms with Crippen LogP contribution in [0.5, 0.6) is 0 Å². The van der Waals surface area contributed by atoms with Crippen LogP contribution < -0.4 is 16.0 Å². The topological polar surface area (TPSA) is 87.3 Å². The van der Waals surface area contributed by atoms with E-state index in [9.17, 15) is 27.6 Å². The van der Waals surface area contributed by atoms with Crippen molar-refractivity contribution < 1.29 is 27.6 Å². The highest BCUT2D eigenvalue weighted by Crippen LogP contribution is 2.39. The molecule has 0 bridgehead atoms. The Morgan fingerprint density at radius 2 is 1.41 bits per heavy atom. The maximum Gasteiger partial charge on any atom is 0.418 e. The van der Waals surface area contributed by atoms with Crippen LogP contribution in [0.1, 0.15) is 32.3 Å². The third kappa shape index (κ3) is 9.54. The molecule has 0 radical (unpaired) electrons. The molecule has 0 fully saturated rings. The molecule has 1 unspecified atom stereocenters. The van der Waals surface area contributed by atoms with Gasteiger partial charge in [-0.05, 0) is 71.8 Å². The Morgan fingerprint density at radius 3 is 2.10 bits per heavy atom. The molecule has 49 heavy (non-hydrogen) atoms. The number of carbonyl (C=O) groups excluding carboxylic acids is 3. The maximum absolute atomic E-state index is 13.7. The summed E-state index contributed by atoms with van der Waals surface area (Å²) in [5.41, 5.74) is 0.195. The van der Waals surface area contributed by atoms with E-state index in [1.165, 1.54) is 30.3 Å². The summed E-state index contributed by atoms with van der Waals surface area (Å²) in [7, 11) is 0. The van der Waals surface area contributed by atoms with E-state index in [0.717, 1.165) is 17.8 Å². The minimum absolute atomic E-state index is 0.110. The van der Waals surface area contributed by atoms with Crippen LogP contribution in [0.15, 0.2) is 138 Å². The Bertz CT molecular complexity index is 2010. The first-order chi connectivity index (χ1) is 23.5. The van der Waals surface area contributed by atoms with Crippen LogP contribution in [0.3, 0.4) is 0 Å². The molecule has 0 aliphatic heterocycles. The Balaban J connectivity index is 1.40. The normalized spacial score (nSPS) is 12.1. The van der Waals surface area contributed by atoms with Crippen molar-refractivity contribution in [3.8, 4) is 0 Å². The number of halogens is 5. The van der Waals surface area contributed by atoms with Crippen LogP contribution in [0.4, 0.5) is 24.5 Å². The first-order valence-electron chi connectivity index (χ1n) is 14.6. The summed E-state index contributed by atoms with van der Waals surface area (Å²) in [4.78, 5) is 40.7. The largest absolute Gasteiger partial charge is 0.418 e. The van der Waals surface area contributed by atoms with Crippen LogP contribution in [-0.2, 0) is 15.8 Å². The zero-order valence-corrected chi connectivity index (χ0v) is 27.6. The summed E-state index contributed by atoms with van der Waals surface area (Å²) >= 11 is 13.5. The number of hydrogen-bond acceptors (Lipinski definition) is 4. The van der Waals surface area contributed by atoms with Gasteiger partial charge in [-0.15, -0.1) is 11.8 Å². The molecule has 0 saturated heterocycles. The molecule has 6 nitrogen and oxygen atoms in total. The summed E-state index contributed by atoms with van der Waals surface area (Å²) in [6.45, 7) is 0. The van der Waals surface area contributed by atoms with E-state index < -0.39 is 34.7 Å². The standard InChI is InChI=1S/C37H26Cl2F3N3O3S/c38-26-19-18-25(30(39)21-26)20-32(45-34(46)24-12-5-2-6-13-24)35(47)43-27-14-9-15-28(22-27)49-33(23-10-3-1-4-11-23)36(48)44-31-17-8-7-16-29(31)37(40,41)42/h1-22,33H,(H,43,47)(H,44,48)(H,45,46)/b32-20+. The van der Waals surface area contributed by atoms with Crippen LogP contribution in [-0.4, -0.2) is 17.7 Å². The van der Waals surface area contributed by atoms with Crippen molar-refractivity contribution >= 4 is 70.1 Å². The number of thioether (sulfide) groups is 1. The van der Waals surface area contributed by atoms with Crippen molar-refractivity contribution in [3.63, 3.8) is 0 Å². The lowest BCUT2D eigenvalue weighted by Gasteiger charge is -2.19. The molecule has 0 aliphatic rings. The molecule has 248 valence electrons. The fourth-order valence-corrected chi connectivity index (χ4v) is 6.18. The molecule has 0 saturated carbocycles. The third-order valence-corrected chi connectivity index (χ3v) is 8.78. The fraction of sp³-hybridized carbons (Fsp3) is 0.0541. The molecular weight excluding hydrogens is 694 g/mol. The maximum atomic E-state index is 13.7. The molecule has 3 amide bonds. The highest BCUT2D eigenvalue weighted by molar-refractivity contribution is 8.00. The second kappa shape index (κ2) is 15.9. The van der Waals surface area contributed by atoms with Crippen LogP contribution in [0.25, 0.3) is 6.08 Å². The predicted octanol–water partition coefficient (Wildman–Crippen LogP) is 9.89. The number of alkyl halides is 3. The molecule has 0 heterocycles. The number of hydrogen-bond donors (Lipinski definition) is 3. The lowest BCUT2D eigenvalue weighted by molar-refractivity contribution is -0.137. The van der Waals surface area contributed by atoms with Gasteiger partial charge in [-0.25, -0.2) is 0 Å². The van der Waals surface area contributed by atoms with Crippen molar-refractivity contribution in [1.82, 2.24) is 5.32 Å². The van der Waals surface area contributed by atoms with Crippen LogP contribution >= 0.6 is 35.0 Å². The van der Waals surface area contributed by atoms with E-state index in [-0.39, 0.29) is 16.4 Å². The molecule has 5 aromatic carbocycles. The Morgan fingerprint density at radius 1 is 0.735 bits per heavy atom. The molecule has 5 aromatic rings. The van der Waals surface area contributed by atoms with Gasteiger partial charge in [0.25, 0.3) is 11.8 Å². The molecule has 1 atom stereocenters. The highest BCUT2D eigenvalue weighted by atomic mass is 35.5. The predicted molar refractivity (Wildman–Crippen MR) is 189 cm³/mol. The molecule has 12 heteroatoms. The van der Waals surface area contributed by atoms with Crippen LogP contribution in [0.2, 0.25) is 10.0 Å². The van der Waals surface area contributed by atoms with Crippen molar-refractivity contribution in [2.75, 3.05) is 10.6 Å². The zero-order valence-electron chi connectivity index (χ0n) is 25.3. The van der Waals surface area contributed by atoms with Crippen molar-refractivity contribution in [1.29, 1.82) is 0 Å². The van der Waals surface area contributed by atoms with Gasteiger partial charge in [-0.1, -0.05) is 96.0 Å². The number of anilines is 2. The van der Waals surface area contributed by atoms with Gasteiger partial charge >= 0.3 is 6.18 Å². The molecule has 0 spiro atoms. The third-order valence-electron chi connectivity index (χ3n) is 6.97. The first-order valence-corrected chi connectivity index (χ1v) is 16.2. The fourth-order valence-electron chi connectivity index (χ4n) is 4.64. The zero-order chi connectivity index (χ0) is 35.0. The second-order valence-electron chi connectivity index (χ2n) is 10.5. The van der Waals surface area contributed by atoms with Gasteiger partial charge in [0.15, 0.2) is 0 Å². The number of nitrogens with one attached hydrogen (secondary N) is 3. The van der Waals surface area contributed by atoms with Gasteiger partial charge in [0, 0.05) is 26.2 Å². The lowest BCUT2D eigenvalue weighted by Crippen LogP contribution is -2.30. The summed E-state index contributed by atoms with van der Waals surface area (Å²) in [6.07, 6.45) is -3.25. The van der Waals surface area contributed by atoms with E-state index in [4.69, 9.17) is 23.2 Å². The van der Waals surface area contributed by atoms with Gasteiger partial charge < -0.3 is 16.0 Å². The Hall–Kier alpha value is -5.03. The van der Waals surface area contributed by atoms with E-state index in [0.29, 0.717) is 32.3 Å². The highest BCUT2D eigenvalue weighted by Gasteiger charge is 2.34. The summed E-state index contributed by atoms with van der Waals surface area (Å²) < 4.78 is 41.0. The van der Waals surface area contributed by atoms with E-state index in [2.05, 4.69) is 16.0 Å². The lowest BCUT2D eigenvalue weighted by atomic mass is 10.1. The monoisotopic (exact) mass is 719 g/mol. The summed E-state index contributed by atoms with van der Waals surface area (Å²) in [6, 6.07) is 33.0. The number of carbonyl (C=O) groups is 3. The van der Waals surface area contributed by atoms with Gasteiger partial charge in [-0.3, -0.25) is 14.4 Å². The van der Waals surface area contributed by atoms with Gasteiger partial charge in [0.2, 0.25) is 5.91 Å². The minimum atomic E-state index is -4.67. The quantitative estimate of drug-likeness (QED) is 0.0991. The van der Waals surface area contributed by atoms with Gasteiger partial charge in [0.05, 0.1) is 11.3 Å². The van der Waals surface area contributed by atoms with Crippen molar-refractivity contribution in [3.05, 3.63) is 165 Å². The number of amides is 3. The number of para-hydroxylation sites is 1. The molecular formula is C37H26Cl2F3N3O3S. The van der Waals surface area contributed by atoms with Gasteiger partial charge in [0.1, 0.15) is 10.9 Å². The number of rotatable bonds is 10. The van der Waals surface area contributed by atoms with E-state index in [1.54, 1.807) is 97.1 Å². The van der Waals surface area contributed by atoms with Crippen LogP contribution in [0, 0.1) is 0 Å². The average molecular weight is 721 g/mol. The minimum Gasteiger partial charge on any atom is -0.324 e. The summed E-state index contributed by atoms with van der Waals surface area (Å²) in [5, 5.41) is 7.55. The van der Waals surface area contributed by atoms with E-state index in [1.807, 2.05) is 0 Å². The Kier molecular flexibility index (Phi) is 11.5. The van der Waals surface area contributed by atoms with Crippen molar-refractivity contribution in [2.45, 2.75) is 16.3 Å². The first kappa shape index (κ1) is 35.3.